The molecule has 0 bridgehead atoms. The van der Waals surface area contributed by atoms with Gasteiger partial charge in [-0.15, -0.1) is 0 Å². The molecule has 0 spiro atoms. The van der Waals surface area contributed by atoms with Crippen LogP contribution in [-0.2, 0) is 11.2 Å². The van der Waals surface area contributed by atoms with E-state index in [1.165, 1.54) is 0 Å². The van der Waals surface area contributed by atoms with Gasteiger partial charge in [-0.2, -0.15) is 0 Å². The molecule has 2 atom stereocenters. The number of aliphatic hydroxyl groups is 1. The van der Waals surface area contributed by atoms with E-state index < -0.39 is 5.97 Å². The highest BCUT2D eigenvalue weighted by molar-refractivity contribution is 5.74. The van der Waals surface area contributed by atoms with Gasteiger partial charge < -0.3 is 20.8 Å². The van der Waals surface area contributed by atoms with Gasteiger partial charge in [0.2, 0.25) is 0 Å². The summed E-state index contributed by atoms with van der Waals surface area (Å²) in [4.78, 5) is 22.9. The van der Waals surface area contributed by atoms with Crippen molar-refractivity contribution in [1.29, 1.82) is 0 Å². The summed E-state index contributed by atoms with van der Waals surface area (Å²) in [5, 5.41) is 23.7. The number of hydrogen-bond acceptors (Lipinski definition) is 3. The minimum Gasteiger partial charge on any atom is -0.481 e. The molecule has 2 amide bonds. The quantitative estimate of drug-likeness (QED) is 0.557. The molecule has 0 saturated carbocycles. The molecule has 1 aromatic rings. The Kier molecular flexibility index (Phi) is 8.11. The van der Waals surface area contributed by atoms with Gasteiger partial charge in [0.1, 0.15) is 0 Å². The number of aliphatic carboxylic acids is 1. The average Bonchev–Trinajstić information content (AvgIpc) is 2.51. The van der Waals surface area contributed by atoms with Crippen molar-refractivity contribution in [3.05, 3.63) is 35.9 Å². The molecular weight excluding hydrogens is 296 g/mol. The number of rotatable bonds is 9. The summed E-state index contributed by atoms with van der Waals surface area (Å²) in [5.41, 5.74) is 1.03. The number of amides is 2. The molecule has 0 saturated heterocycles. The van der Waals surface area contributed by atoms with E-state index in [1.54, 1.807) is 0 Å². The highest BCUT2D eigenvalue weighted by Crippen LogP contribution is 2.08. The zero-order valence-electron chi connectivity index (χ0n) is 13.7. The lowest BCUT2D eigenvalue weighted by Crippen LogP contribution is -2.49. The SMILES string of the molecule is CC(C)[C@@H](CO)NC(=O)NC(CCC(=O)O)Cc1ccccc1. The minimum atomic E-state index is -0.888. The Morgan fingerprint density at radius 1 is 1.13 bits per heavy atom. The summed E-state index contributed by atoms with van der Waals surface area (Å²) in [6, 6.07) is 8.62. The minimum absolute atomic E-state index is 0.00854. The second kappa shape index (κ2) is 9.84. The molecule has 0 fully saturated rings. The van der Waals surface area contributed by atoms with E-state index >= 15 is 0 Å². The Labute approximate surface area is 136 Å². The maximum absolute atomic E-state index is 12.1. The van der Waals surface area contributed by atoms with Gasteiger partial charge in [0, 0.05) is 12.5 Å². The van der Waals surface area contributed by atoms with Crippen molar-refractivity contribution < 1.29 is 19.8 Å². The second-order valence-electron chi connectivity index (χ2n) is 5.97. The number of benzene rings is 1. The van der Waals surface area contributed by atoms with E-state index in [0.29, 0.717) is 12.8 Å². The van der Waals surface area contributed by atoms with Gasteiger partial charge in [0.25, 0.3) is 0 Å². The molecule has 0 aromatic heterocycles. The normalized spacial score (nSPS) is 13.4. The number of carboxylic acids is 1. The molecule has 0 heterocycles. The standard InChI is InChI=1S/C17H26N2O4/c1-12(2)15(11-20)19-17(23)18-14(8-9-16(21)22)10-13-6-4-3-5-7-13/h3-7,12,14-15,20H,8-11H2,1-2H3,(H,21,22)(H2,18,19,23)/t14?,15-/m1/s1. The lowest BCUT2D eigenvalue weighted by Gasteiger charge is -2.23. The summed E-state index contributed by atoms with van der Waals surface area (Å²) in [6.45, 7) is 3.68. The van der Waals surface area contributed by atoms with Crippen LogP contribution < -0.4 is 10.6 Å². The highest BCUT2D eigenvalue weighted by atomic mass is 16.4. The first kappa shape index (κ1) is 19.0. The molecule has 0 radical (unpaired) electrons. The zero-order valence-corrected chi connectivity index (χ0v) is 13.7. The summed E-state index contributed by atoms with van der Waals surface area (Å²) in [7, 11) is 0. The Morgan fingerprint density at radius 3 is 2.30 bits per heavy atom. The topological polar surface area (TPSA) is 98.7 Å². The lowest BCUT2D eigenvalue weighted by atomic mass is 10.0. The van der Waals surface area contributed by atoms with Crippen molar-refractivity contribution in [3.63, 3.8) is 0 Å². The van der Waals surface area contributed by atoms with E-state index in [2.05, 4.69) is 10.6 Å². The first-order valence-corrected chi connectivity index (χ1v) is 7.86. The molecule has 6 heteroatoms. The Hall–Kier alpha value is -2.08. The van der Waals surface area contributed by atoms with Crippen molar-refractivity contribution in [1.82, 2.24) is 10.6 Å². The Morgan fingerprint density at radius 2 is 1.78 bits per heavy atom. The van der Waals surface area contributed by atoms with Gasteiger partial charge in [-0.3, -0.25) is 4.79 Å². The summed E-state index contributed by atoms with van der Waals surface area (Å²) < 4.78 is 0. The van der Waals surface area contributed by atoms with Crippen LogP contribution in [0.4, 0.5) is 4.79 Å². The Bertz CT molecular complexity index is 491. The molecule has 1 rings (SSSR count). The van der Waals surface area contributed by atoms with Gasteiger partial charge in [-0.05, 0) is 24.3 Å². The molecule has 4 N–H and O–H groups in total. The van der Waals surface area contributed by atoms with Crippen LogP contribution in [0, 0.1) is 5.92 Å². The number of hydrogen-bond donors (Lipinski definition) is 4. The molecular formula is C17H26N2O4. The third-order valence-electron chi connectivity index (χ3n) is 3.68. The third-order valence-corrected chi connectivity index (χ3v) is 3.68. The summed E-state index contributed by atoms with van der Waals surface area (Å²) in [6.07, 6.45) is 0.904. The molecule has 1 aromatic carbocycles. The van der Waals surface area contributed by atoms with Crippen molar-refractivity contribution in [2.45, 2.75) is 45.2 Å². The number of carboxylic acid groups (broad SMARTS) is 1. The van der Waals surface area contributed by atoms with Gasteiger partial charge in [-0.25, -0.2) is 4.79 Å². The van der Waals surface area contributed by atoms with Crippen LogP contribution in [0.15, 0.2) is 30.3 Å². The van der Waals surface area contributed by atoms with E-state index in [0.717, 1.165) is 5.56 Å². The van der Waals surface area contributed by atoms with Gasteiger partial charge >= 0.3 is 12.0 Å². The molecule has 128 valence electrons. The number of carbonyl (C=O) groups excluding carboxylic acids is 1. The number of urea groups is 1. The number of carbonyl (C=O) groups is 2. The molecule has 23 heavy (non-hydrogen) atoms. The molecule has 0 aliphatic heterocycles. The van der Waals surface area contributed by atoms with Crippen LogP contribution in [-0.4, -0.2) is 40.9 Å². The predicted molar refractivity (Wildman–Crippen MR) is 88.2 cm³/mol. The fraction of sp³-hybridized carbons (Fsp3) is 0.529. The van der Waals surface area contributed by atoms with Crippen molar-refractivity contribution >= 4 is 12.0 Å². The van der Waals surface area contributed by atoms with Crippen molar-refractivity contribution in [3.8, 4) is 0 Å². The van der Waals surface area contributed by atoms with Crippen LogP contribution >= 0.6 is 0 Å². The van der Waals surface area contributed by atoms with Crippen molar-refractivity contribution in [2.24, 2.45) is 5.92 Å². The van der Waals surface area contributed by atoms with Gasteiger partial charge in [0.15, 0.2) is 0 Å². The average molecular weight is 322 g/mol. The molecule has 1 unspecified atom stereocenters. The summed E-state index contributed by atoms with van der Waals surface area (Å²) >= 11 is 0. The van der Waals surface area contributed by atoms with Crippen molar-refractivity contribution in [2.75, 3.05) is 6.61 Å². The first-order valence-electron chi connectivity index (χ1n) is 7.86. The number of nitrogens with one attached hydrogen (secondary N) is 2. The van der Waals surface area contributed by atoms with Crippen LogP contribution in [0.1, 0.15) is 32.3 Å². The van der Waals surface area contributed by atoms with E-state index in [-0.39, 0.29) is 37.1 Å². The maximum atomic E-state index is 12.1. The lowest BCUT2D eigenvalue weighted by molar-refractivity contribution is -0.137. The van der Waals surface area contributed by atoms with Crippen LogP contribution in [0.2, 0.25) is 0 Å². The third kappa shape index (κ3) is 7.65. The van der Waals surface area contributed by atoms with E-state index in [1.807, 2.05) is 44.2 Å². The Balaban J connectivity index is 2.64. The fourth-order valence-corrected chi connectivity index (χ4v) is 2.24. The van der Waals surface area contributed by atoms with Gasteiger partial charge in [-0.1, -0.05) is 44.2 Å². The van der Waals surface area contributed by atoms with Crippen LogP contribution in [0.5, 0.6) is 0 Å². The predicted octanol–water partition coefficient (Wildman–Crippen LogP) is 1.78. The van der Waals surface area contributed by atoms with Crippen LogP contribution in [0.3, 0.4) is 0 Å². The largest absolute Gasteiger partial charge is 0.481 e. The monoisotopic (exact) mass is 322 g/mol. The molecule has 0 aliphatic rings. The maximum Gasteiger partial charge on any atom is 0.315 e. The number of aliphatic hydroxyl groups excluding tert-OH is 1. The fourth-order valence-electron chi connectivity index (χ4n) is 2.24. The highest BCUT2D eigenvalue weighted by Gasteiger charge is 2.18. The van der Waals surface area contributed by atoms with E-state index in [9.17, 15) is 14.7 Å². The second-order valence-corrected chi connectivity index (χ2v) is 5.97. The summed E-state index contributed by atoms with van der Waals surface area (Å²) in [5.74, 6) is -0.780. The van der Waals surface area contributed by atoms with E-state index in [4.69, 9.17) is 5.11 Å². The first-order chi connectivity index (χ1) is 10.9. The molecule has 6 nitrogen and oxygen atoms in total. The molecule has 0 aliphatic carbocycles. The zero-order chi connectivity index (χ0) is 17.2. The van der Waals surface area contributed by atoms with Crippen LogP contribution in [0.25, 0.3) is 0 Å². The van der Waals surface area contributed by atoms with Gasteiger partial charge in [0.05, 0.1) is 12.6 Å². The smallest absolute Gasteiger partial charge is 0.315 e.